The van der Waals surface area contributed by atoms with Gasteiger partial charge >= 0.3 is 0 Å². The van der Waals surface area contributed by atoms with Gasteiger partial charge in [-0.15, -0.1) is 0 Å². The highest BCUT2D eigenvalue weighted by atomic mass is 14.9. The molecule has 1 N–H and O–H groups in total. The number of anilines is 1. The highest BCUT2D eigenvalue weighted by Gasteiger charge is 2.19. The Morgan fingerprint density at radius 2 is 2.33 bits per heavy atom. The van der Waals surface area contributed by atoms with Crippen LogP contribution in [0.15, 0.2) is 24.3 Å². The molecule has 1 radical (unpaired) electrons. The van der Waals surface area contributed by atoms with Gasteiger partial charge in [-0.2, -0.15) is 0 Å². The van der Waals surface area contributed by atoms with E-state index in [1.165, 1.54) is 19.3 Å². The lowest BCUT2D eigenvalue weighted by atomic mass is 10.2. The van der Waals surface area contributed by atoms with Crippen LogP contribution in [-0.2, 0) is 0 Å². The number of benzene rings is 1. The number of para-hydroxylation sites is 1. The molecule has 1 saturated carbocycles. The molecular formula is C11H14N. The fourth-order valence-electron chi connectivity index (χ4n) is 1.32. The summed E-state index contributed by atoms with van der Waals surface area (Å²) in [6, 6.07) is 11.2. The van der Waals surface area contributed by atoms with E-state index in [0.29, 0.717) is 0 Å². The molecule has 1 aromatic rings. The third kappa shape index (κ3) is 2.26. The molecule has 1 aliphatic carbocycles. The molecule has 1 nitrogen and oxygen atoms in total. The van der Waals surface area contributed by atoms with Crippen molar-refractivity contribution in [1.29, 1.82) is 0 Å². The molecule has 0 aliphatic heterocycles. The van der Waals surface area contributed by atoms with Crippen LogP contribution in [0.25, 0.3) is 0 Å². The first-order chi connectivity index (χ1) is 5.95. The Balaban J connectivity index is 1.72. The molecule has 1 aromatic carbocycles. The number of hydrogen-bond acceptors (Lipinski definition) is 1. The number of nitrogens with one attached hydrogen (secondary N) is 1. The number of hydrogen-bond donors (Lipinski definition) is 1. The molecule has 0 heterocycles. The smallest absolute Gasteiger partial charge is 0.0420 e. The van der Waals surface area contributed by atoms with Crippen LogP contribution in [0, 0.1) is 12.0 Å². The van der Waals surface area contributed by atoms with E-state index in [1.54, 1.807) is 0 Å². The summed E-state index contributed by atoms with van der Waals surface area (Å²) in [6.45, 7) is 1.10. The molecule has 1 heteroatoms. The van der Waals surface area contributed by atoms with E-state index in [4.69, 9.17) is 0 Å². The lowest BCUT2D eigenvalue weighted by Crippen LogP contribution is -2.01. The number of rotatable bonds is 4. The second-order valence-corrected chi connectivity index (χ2v) is 3.44. The van der Waals surface area contributed by atoms with Crippen molar-refractivity contribution in [3.63, 3.8) is 0 Å². The summed E-state index contributed by atoms with van der Waals surface area (Å²) in [5.41, 5.74) is 1.12. The Kier molecular flexibility index (Phi) is 2.31. The van der Waals surface area contributed by atoms with E-state index in [-0.39, 0.29) is 0 Å². The second kappa shape index (κ2) is 3.61. The van der Waals surface area contributed by atoms with E-state index in [2.05, 4.69) is 17.4 Å². The van der Waals surface area contributed by atoms with Gasteiger partial charge in [-0.25, -0.2) is 0 Å². The van der Waals surface area contributed by atoms with Crippen molar-refractivity contribution in [2.24, 2.45) is 5.92 Å². The SMILES string of the molecule is [c]1ccccc1NCCC1CC1. The molecule has 63 valence electrons. The standard InChI is InChI=1S/C11H14N/c1-2-4-11(5-3-1)12-9-8-10-6-7-10/h1-4,10,12H,6-9H2. The Morgan fingerprint density at radius 3 is 3.00 bits per heavy atom. The molecular weight excluding hydrogens is 146 g/mol. The topological polar surface area (TPSA) is 12.0 Å². The normalized spacial score (nSPS) is 16.0. The Labute approximate surface area is 73.8 Å². The van der Waals surface area contributed by atoms with Crippen molar-refractivity contribution in [2.45, 2.75) is 19.3 Å². The van der Waals surface area contributed by atoms with Crippen LogP contribution < -0.4 is 5.32 Å². The van der Waals surface area contributed by atoms with Crippen molar-refractivity contribution >= 4 is 5.69 Å². The van der Waals surface area contributed by atoms with Crippen molar-refractivity contribution in [2.75, 3.05) is 11.9 Å². The minimum absolute atomic E-state index is 1.02. The molecule has 0 saturated heterocycles. The fourth-order valence-corrected chi connectivity index (χ4v) is 1.32. The molecule has 2 rings (SSSR count). The van der Waals surface area contributed by atoms with E-state index in [9.17, 15) is 0 Å². The zero-order valence-corrected chi connectivity index (χ0v) is 7.22. The van der Waals surface area contributed by atoms with Gasteiger partial charge in [-0.05, 0) is 18.4 Å². The third-order valence-corrected chi connectivity index (χ3v) is 2.27. The highest BCUT2D eigenvalue weighted by molar-refractivity contribution is 5.40. The van der Waals surface area contributed by atoms with Gasteiger partial charge in [0.2, 0.25) is 0 Å². The lowest BCUT2D eigenvalue weighted by Gasteiger charge is -2.03. The zero-order chi connectivity index (χ0) is 8.23. The third-order valence-electron chi connectivity index (χ3n) is 2.27. The largest absolute Gasteiger partial charge is 0.385 e. The summed E-state index contributed by atoms with van der Waals surface area (Å²) in [5.74, 6) is 1.02. The van der Waals surface area contributed by atoms with Crippen LogP contribution in [0.5, 0.6) is 0 Å². The van der Waals surface area contributed by atoms with Gasteiger partial charge in [0.15, 0.2) is 0 Å². The Hall–Kier alpha value is -0.980. The van der Waals surface area contributed by atoms with Crippen molar-refractivity contribution < 1.29 is 0 Å². The minimum Gasteiger partial charge on any atom is -0.385 e. The van der Waals surface area contributed by atoms with Gasteiger partial charge in [0.1, 0.15) is 0 Å². The fraction of sp³-hybridized carbons (Fsp3) is 0.455. The summed E-state index contributed by atoms with van der Waals surface area (Å²) < 4.78 is 0. The van der Waals surface area contributed by atoms with Gasteiger partial charge in [-0.3, -0.25) is 0 Å². The zero-order valence-electron chi connectivity index (χ0n) is 7.22. The molecule has 0 unspecified atom stereocenters. The maximum Gasteiger partial charge on any atom is 0.0420 e. The molecule has 1 fully saturated rings. The average molecular weight is 160 g/mol. The van der Waals surface area contributed by atoms with Crippen LogP contribution in [0.2, 0.25) is 0 Å². The lowest BCUT2D eigenvalue weighted by molar-refractivity contribution is 0.760. The van der Waals surface area contributed by atoms with E-state index in [0.717, 1.165) is 18.2 Å². The molecule has 0 bridgehead atoms. The average Bonchev–Trinajstić information content (AvgIpc) is 2.90. The highest BCUT2D eigenvalue weighted by Crippen LogP contribution is 2.31. The van der Waals surface area contributed by atoms with Crippen LogP contribution in [0.4, 0.5) is 5.69 Å². The summed E-state index contributed by atoms with van der Waals surface area (Å²) in [4.78, 5) is 0. The van der Waals surface area contributed by atoms with Gasteiger partial charge in [0.05, 0.1) is 0 Å². The molecule has 0 amide bonds. The van der Waals surface area contributed by atoms with E-state index in [1.807, 2.05) is 18.2 Å². The van der Waals surface area contributed by atoms with Crippen LogP contribution >= 0.6 is 0 Å². The van der Waals surface area contributed by atoms with Crippen molar-refractivity contribution in [3.05, 3.63) is 30.3 Å². The summed E-state index contributed by atoms with van der Waals surface area (Å²) in [6.07, 6.45) is 4.21. The Morgan fingerprint density at radius 1 is 1.42 bits per heavy atom. The quantitative estimate of drug-likeness (QED) is 0.714. The van der Waals surface area contributed by atoms with Crippen molar-refractivity contribution in [3.8, 4) is 0 Å². The predicted molar refractivity (Wildman–Crippen MR) is 51.1 cm³/mol. The molecule has 0 aromatic heterocycles. The first kappa shape index (κ1) is 7.66. The van der Waals surface area contributed by atoms with Crippen molar-refractivity contribution in [1.82, 2.24) is 0 Å². The molecule has 1 aliphatic rings. The van der Waals surface area contributed by atoms with Gasteiger partial charge in [-0.1, -0.05) is 31.0 Å². The monoisotopic (exact) mass is 160 g/mol. The van der Waals surface area contributed by atoms with Gasteiger partial charge in [0.25, 0.3) is 0 Å². The van der Waals surface area contributed by atoms with Gasteiger partial charge in [0, 0.05) is 18.3 Å². The summed E-state index contributed by atoms with van der Waals surface area (Å²) in [5, 5.41) is 3.36. The van der Waals surface area contributed by atoms with Crippen LogP contribution in [0.1, 0.15) is 19.3 Å². The van der Waals surface area contributed by atoms with Crippen LogP contribution in [0.3, 0.4) is 0 Å². The Bertz CT molecular complexity index is 226. The first-order valence-electron chi connectivity index (χ1n) is 4.66. The summed E-state index contributed by atoms with van der Waals surface area (Å²) >= 11 is 0. The minimum atomic E-state index is 1.02. The van der Waals surface area contributed by atoms with Gasteiger partial charge < -0.3 is 5.32 Å². The molecule has 0 atom stereocenters. The molecule has 12 heavy (non-hydrogen) atoms. The van der Waals surface area contributed by atoms with E-state index < -0.39 is 0 Å². The van der Waals surface area contributed by atoms with Crippen LogP contribution in [-0.4, -0.2) is 6.54 Å². The maximum absolute atomic E-state index is 3.36. The first-order valence-corrected chi connectivity index (χ1v) is 4.66. The molecule has 0 spiro atoms. The maximum atomic E-state index is 3.36. The second-order valence-electron chi connectivity index (χ2n) is 3.44. The summed E-state index contributed by atoms with van der Waals surface area (Å²) in [7, 11) is 0. The van der Waals surface area contributed by atoms with E-state index >= 15 is 0 Å². The predicted octanol–water partition coefficient (Wildman–Crippen LogP) is 2.70.